The molecule has 12 nitrogen and oxygen atoms in total. The van der Waals surface area contributed by atoms with Gasteiger partial charge in [0.05, 0.1) is 36.6 Å². The quantitative estimate of drug-likeness (QED) is 0.0478. The highest BCUT2D eigenvalue weighted by molar-refractivity contribution is 5.35. The highest BCUT2D eigenvalue weighted by atomic mass is 16.7. The van der Waals surface area contributed by atoms with Crippen molar-refractivity contribution in [2.45, 2.75) is 161 Å². The van der Waals surface area contributed by atoms with Crippen LogP contribution in [0.1, 0.15) is 87.0 Å². The fourth-order valence-electron chi connectivity index (χ4n) is 10.00. The summed E-state index contributed by atoms with van der Waals surface area (Å²) in [5, 5.41) is 22.5. The van der Waals surface area contributed by atoms with Gasteiger partial charge < -0.3 is 57.6 Å². The summed E-state index contributed by atoms with van der Waals surface area (Å²) >= 11 is 0. The van der Waals surface area contributed by atoms with Crippen LogP contribution in [0.25, 0.3) is 0 Å². The van der Waals surface area contributed by atoms with Crippen LogP contribution in [0, 0.1) is 41.4 Å². The molecule has 0 amide bonds. The Kier molecular flexibility index (Phi) is 22.0. The summed E-state index contributed by atoms with van der Waals surface area (Å²) in [5.74, 6) is 1.59. The van der Waals surface area contributed by atoms with E-state index >= 15 is 0 Å². The maximum atomic E-state index is 11.3. The highest BCUT2D eigenvalue weighted by Crippen LogP contribution is 2.50. The number of allylic oxidation sites excluding steroid dienone is 5. The van der Waals surface area contributed by atoms with Crippen LogP contribution in [-0.2, 0) is 47.4 Å². The van der Waals surface area contributed by atoms with Gasteiger partial charge in [-0.25, -0.2) is 0 Å². The number of aliphatic hydroxyl groups excluding tert-OH is 2. The van der Waals surface area contributed by atoms with Crippen LogP contribution in [0.15, 0.2) is 59.3 Å². The molecule has 0 radical (unpaired) electrons. The zero-order valence-corrected chi connectivity index (χ0v) is 40.4. The molecule has 2 aliphatic carbocycles. The van der Waals surface area contributed by atoms with Gasteiger partial charge in [0.15, 0.2) is 12.6 Å². The van der Waals surface area contributed by atoms with Gasteiger partial charge in [-0.2, -0.15) is 0 Å². The van der Waals surface area contributed by atoms with Crippen LogP contribution in [0.3, 0.4) is 0 Å². The normalized spacial score (nSPS) is 34.7. The third-order valence-electron chi connectivity index (χ3n) is 14.3. The van der Waals surface area contributed by atoms with E-state index in [-0.39, 0.29) is 84.9 Å². The van der Waals surface area contributed by atoms with Gasteiger partial charge in [0.2, 0.25) is 0 Å². The zero-order valence-electron chi connectivity index (χ0n) is 40.4. The van der Waals surface area contributed by atoms with Gasteiger partial charge in [0.25, 0.3) is 0 Å². The first-order valence-electron chi connectivity index (χ1n) is 23.1. The molecule has 2 N–H and O–H groups in total. The maximum absolute atomic E-state index is 11.3. The lowest BCUT2D eigenvalue weighted by Crippen LogP contribution is -2.51. The molecule has 0 aromatic carbocycles. The van der Waals surface area contributed by atoms with Crippen molar-refractivity contribution >= 4 is 0 Å². The van der Waals surface area contributed by atoms with Crippen molar-refractivity contribution in [3.05, 3.63) is 59.3 Å². The summed E-state index contributed by atoms with van der Waals surface area (Å²) < 4.78 is 59.4. The Morgan fingerprint density at radius 3 is 1.76 bits per heavy atom. The predicted octanol–water partition coefficient (Wildman–Crippen LogP) is 7.62. The van der Waals surface area contributed by atoms with Crippen LogP contribution >= 0.6 is 0 Å². The lowest BCUT2D eigenvalue weighted by atomic mass is 9.89. The summed E-state index contributed by atoms with van der Waals surface area (Å²) in [6, 6.07) is 0. The Morgan fingerprint density at radius 1 is 0.694 bits per heavy atom. The van der Waals surface area contributed by atoms with Crippen LogP contribution in [-0.4, -0.2) is 140 Å². The Hall–Kier alpha value is -1.78. The average Bonchev–Trinajstić information content (AvgIpc) is 4.23. The van der Waals surface area contributed by atoms with Crippen molar-refractivity contribution in [2.75, 3.05) is 56.4 Å². The molecule has 356 valence electrons. The van der Waals surface area contributed by atoms with Crippen molar-refractivity contribution in [3.63, 3.8) is 0 Å². The van der Waals surface area contributed by atoms with Gasteiger partial charge in [0.1, 0.15) is 24.4 Å². The second kappa shape index (κ2) is 25.8. The summed E-state index contributed by atoms with van der Waals surface area (Å²) in [7, 11) is 11.9. The lowest BCUT2D eigenvalue weighted by Gasteiger charge is -2.41. The van der Waals surface area contributed by atoms with Crippen molar-refractivity contribution in [3.8, 4) is 0 Å². The summed E-state index contributed by atoms with van der Waals surface area (Å²) in [5.41, 5.74) is 3.06. The molecule has 2 saturated heterocycles. The molecule has 0 aromatic rings. The smallest absolute Gasteiger partial charge is 0.160 e. The molecule has 4 aliphatic rings. The van der Waals surface area contributed by atoms with Gasteiger partial charge in [-0.1, -0.05) is 77.2 Å². The Labute approximate surface area is 374 Å². The second-order valence-electron chi connectivity index (χ2n) is 18.3. The minimum atomic E-state index is -0.578. The van der Waals surface area contributed by atoms with E-state index in [1.165, 1.54) is 0 Å². The molecule has 12 heteroatoms. The van der Waals surface area contributed by atoms with E-state index in [9.17, 15) is 10.2 Å². The highest BCUT2D eigenvalue weighted by Gasteiger charge is 2.48. The molecule has 3 fully saturated rings. The first kappa shape index (κ1) is 52.8. The van der Waals surface area contributed by atoms with E-state index in [2.05, 4.69) is 45.9 Å². The Balaban J connectivity index is 1.24. The topological polar surface area (TPSA) is 133 Å². The van der Waals surface area contributed by atoms with E-state index in [1.54, 1.807) is 49.8 Å². The van der Waals surface area contributed by atoms with Gasteiger partial charge in [0, 0.05) is 87.0 Å². The second-order valence-corrected chi connectivity index (χ2v) is 18.3. The molecule has 2 heterocycles. The lowest BCUT2D eigenvalue weighted by molar-refractivity contribution is -0.246. The van der Waals surface area contributed by atoms with Gasteiger partial charge in [-0.05, 0) is 79.9 Å². The Bertz CT molecular complexity index is 1470. The number of rotatable bonds is 27. The molecule has 0 bridgehead atoms. The monoisotopic (exact) mass is 877 g/mol. The molecule has 62 heavy (non-hydrogen) atoms. The molecular weight excluding hydrogens is 793 g/mol. The van der Waals surface area contributed by atoms with E-state index < -0.39 is 12.4 Å². The summed E-state index contributed by atoms with van der Waals surface area (Å²) in [4.78, 5) is 0. The van der Waals surface area contributed by atoms with Crippen LogP contribution < -0.4 is 0 Å². The standard InChI is InChI=1S/C50H84O12/c1-15-39(53-8)33(6)35-25-37(35)45(51)29(2)20-17-22-32(5)48-50(59-14)42(28-44(57-12)62-48)60-24-18-23-40(54-9)34(7)36-26-38(36)46(52)30(3)19-16-21-31(4)47-49(58-13)41(55-10)27-43(56-11)61-47/h16-17,19-22,26,29-30,33-37,39-52H,15,18,23-25,27-28H2,1-14H3/b19-16+,20-17+,31-21+,32-22+/t29-,30-,33-,34-,35-,36-,37+,39-,40-,41-,42-,43+,44+,45+,46+,47+,48+,49+,50-/m0/s1. The third kappa shape index (κ3) is 13.9. The van der Waals surface area contributed by atoms with Crippen molar-refractivity contribution < 1.29 is 57.6 Å². The number of hydrogen-bond donors (Lipinski definition) is 2. The number of hydrogen-bond acceptors (Lipinski definition) is 12. The van der Waals surface area contributed by atoms with Crippen LogP contribution in [0.2, 0.25) is 0 Å². The molecule has 0 unspecified atom stereocenters. The van der Waals surface area contributed by atoms with Crippen molar-refractivity contribution in [1.29, 1.82) is 0 Å². The van der Waals surface area contributed by atoms with Crippen LogP contribution in [0.4, 0.5) is 0 Å². The third-order valence-corrected chi connectivity index (χ3v) is 14.3. The van der Waals surface area contributed by atoms with Gasteiger partial charge in [-0.3, -0.25) is 0 Å². The van der Waals surface area contributed by atoms with Crippen molar-refractivity contribution in [1.82, 2.24) is 0 Å². The molecule has 0 spiro atoms. The first-order chi connectivity index (χ1) is 29.7. The first-order valence-corrected chi connectivity index (χ1v) is 23.1. The minimum absolute atomic E-state index is 0.00938. The van der Waals surface area contributed by atoms with E-state index in [1.807, 2.05) is 45.1 Å². The average molecular weight is 877 g/mol. The maximum Gasteiger partial charge on any atom is 0.160 e. The SMILES string of the molecule is CC[C@H](OC)[C@@H](C)[C@@H]1C[C@H]1[C@H](O)[C@@H](C)/C=C/C=C(\C)[C@H]1O[C@@H](OC)C[C@H](OCCC[C@H](OC)[C@@H](C)[C@@H]2C=C2[C@H](O)[C@@H](C)/C=C/C=C(\C)[C@H]2O[C@@H](OC)C[C@H](OC)[C@H]2OC)[C@@H]1OC. The molecule has 2 aliphatic heterocycles. The van der Waals surface area contributed by atoms with Crippen LogP contribution in [0.5, 0.6) is 0 Å². The molecule has 19 atom stereocenters. The fraction of sp³-hybridized carbons (Fsp3) is 0.800. The van der Waals surface area contributed by atoms with Crippen molar-refractivity contribution in [2.24, 2.45) is 41.4 Å². The molecular formula is C50H84O12. The fourth-order valence-corrected chi connectivity index (χ4v) is 10.00. The van der Waals surface area contributed by atoms with E-state index in [0.29, 0.717) is 37.2 Å². The van der Waals surface area contributed by atoms with E-state index in [4.69, 9.17) is 47.4 Å². The predicted molar refractivity (Wildman–Crippen MR) is 241 cm³/mol. The Morgan fingerprint density at radius 2 is 1.24 bits per heavy atom. The summed E-state index contributed by atoms with van der Waals surface area (Å²) in [6.07, 6.45) is 16.1. The molecule has 0 aromatic heterocycles. The molecule has 4 rings (SSSR count). The number of aliphatic hydroxyl groups is 2. The zero-order chi connectivity index (χ0) is 45.7. The van der Waals surface area contributed by atoms with E-state index in [0.717, 1.165) is 42.4 Å². The number of ether oxygens (including phenoxy) is 10. The number of methoxy groups -OCH3 is 7. The summed E-state index contributed by atoms with van der Waals surface area (Å²) in [6.45, 7) is 15.3. The van der Waals surface area contributed by atoms with Gasteiger partial charge >= 0.3 is 0 Å². The largest absolute Gasteiger partial charge is 0.392 e. The van der Waals surface area contributed by atoms with Gasteiger partial charge in [-0.15, -0.1) is 0 Å². The molecule has 1 saturated carbocycles. The minimum Gasteiger partial charge on any atom is -0.392 e.